The molecule has 0 fully saturated rings. The van der Waals surface area contributed by atoms with Gasteiger partial charge in [-0.15, -0.1) is 0 Å². The molecule has 3 rings (SSSR count). The van der Waals surface area contributed by atoms with E-state index in [1.165, 1.54) is 0 Å². The Hall–Kier alpha value is -2.92. The minimum atomic E-state index is -0.188. The first kappa shape index (κ1) is 18.9. The fourth-order valence-electron chi connectivity index (χ4n) is 2.60. The molecule has 0 radical (unpaired) electrons. The van der Waals surface area contributed by atoms with E-state index in [0.717, 1.165) is 15.6 Å². The smallest absolute Gasteiger partial charge is 0.255 e. The maximum absolute atomic E-state index is 12.4. The number of halogens is 1. The average Bonchev–Trinajstić information content (AvgIpc) is 2.65. The van der Waals surface area contributed by atoms with Crippen LogP contribution in [0.5, 0.6) is 0 Å². The molecule has 0 saturated carbocycles. The first-order chi connectivity index (χ1) is 12.9. The van der Waals surface area contributed by atoms with Crippen LogP contribution in [-0.2, 0) is 0 Å². The molecule has 0 atom stereocenters. The molecule has 5 heteroatoms. The number of carbonyl (C=O) groups excluding carboxylic acids is 2. The zero-order valence-electron chi connectivity index (χ0n) is 15.0. The van der Waals surface area contributed by atoms with Crippen molar-refractivity contribution in [1.82, 2.24) is 0 Å². The van der Waals surface area contributed by atoms with Gasteiger partial charge in [-0.05, 0) is 67.4 Å². The molecular formula is C22H19BrN2O2. The largest absolute Gasteiger partial charge is 0.322 e. The molecule has 27 heavy (non-hydrogen) atoms. The minimum absolute atomic E-state index is 0.158. The number of amides is 2. The second kappa shape index (κ2) is 8.18. The van der Waals surface area contributed by atoms with Crippen LogP contribution in [0.3, 0.4) is 0 Å². The Bertz CT molecular complexity index is 997. The van der Waals surface area contributed by atoms with Crippen molar-refractivity contribution in [3.05, 3.63) is 93.5 Å². The van der Waals surface area contributed by atoms with E-state index in [0.29, 0.717) is 22.5 Å². The topological polar surface area (TPSA) is 58.2 Å². The van der Waals surface area contributed by atoms with Crippen molar-refractivity contribution in [2.75, 3.05) is 10.6 Å². The van der Waals surface area contributed by atoms with E-state index in [2.05, 4.69) is 26.6 Å². The molecule has 0 aromatic heterocycles. The van der Waals surface area contributed by atoms with E-state index >= 15 is 0 Å². The minimum Gasteiger partial charge on any atom is -0.322 e. The van der Waals surface area contributed by atoms with Crippen molar-refractivity contribution in [3.8, 4) is 0 Å². The maximum atomic E-state index is 12.4. The van der Waals surface area contributed by atoms with Crippen LogP contribution >= 0.6 is 15.9 Å². The fraction of sp³-hybridized carbons (Fsp3) is 0.0909. The molecule has 0 aliphatic carbocycles. The summed E-state index contributed by atoms with van der Waals surface area (Å²) in [6.07, 6.45) is 0. The Morgan fingerprint density at radius 3 is 1.93 bits per heavy atom. The van der Waals surface area contributed by atoms with Crippen molar-refractivity contribution in [2.45, 2.75) is 13.8 Å². The maximum Gasteiger partial charge on any atom is 0.255 e. The van der Waals surface area contributed by atoms with Crippen LogP contribution in [0.4, 0.5) is 11.4 Å². The van der Waals surface area contributed by atoms with Crippen molar-refractivity contribution in [1.29, 1.82) is 0 Å². The van der Waals surface area contributed by atoms with E-state index in [-0.39, 0.29) is 11.8 Å². The first-order valence-electron chi connectivity index (χ1n) is 8.48. The summed E-state index contributed by atoms with van der Waals surface area (Å²) in [5.41, 5.74) is 4.53. The predicted molar refractivity (Wildman–Crippen MR) is 112 cm³/mol. The molecule has 4 nitrogen and oxygen atoms in total. The molecule has 0 saturated heterocycles. The quantitative estimate of drug-likeness (QED) is 0.577. The van der Waals surface area contributed by atoms with Crippen molar-refractivity contribution >= 4 is 39.1 Å². The third-order valence-electron chi connectivity index (χ3n) is 4.22. The van der Waals surface area contributed by atoms with Gasteiger partial charge in [-0.1, -0.05) is 40.2 Å². The molecule has 2 N–H and O–H groups in total. The second-order valence-corrected chi connectivity index (χ2v) is 7.12. The molecular weight excluding hydrogens is 404 g/mol. The first-order valence-corrected chi connectivity index (χ1v) is 9.28. The van der Waals surface area contributed by atoms with Gasteiger partial charge in [-0.3, -0.25) is 9.59 Å². The Morgan fingerprint density at radius 2 is 1.33 bits per heavy atom. The molecule has 0 aliphatic heterocycles. The zero-order valence-corrected chi connectivity index (χ0v) is 16.6. The molecule has 0 spiro atoms. The molecule has 0 bridgehead atoms. The second-order valence-electron chi connectivity index (χ2n) is 6.26. The Morgan fingerprint density at radius 1 is 0.741 bits per heavy atom. The highest BCUT2D eigenvalue weighted by Gasteiger charge is 2.10. The summed E-state index contributed by atoms with van der Waals surface area (Å²) in [5.74, 6) is -0.346. The molecule has 3 aromatic rings. The number of rotatable bonds is 4. The SMILES string of the molecule is Cc1ccc(C(=O)Nc2ccc(NC(=O)c3ccccc3C)cc2)cc1Br. The van der Waals surface area contributed by atoms with E-state index in [1.54, 1.807) is 42.5 Å². The molecule has 3 aromatic carbocycles. The Labute approximate surface area is 166 Å². The van der Waals surface area contributed by atoms with Crippen LogP contribution in [0.1, 0.15) is 31.8 Å². The third kappa shape index (κ3) is 4.63. The van der Waals surface area contributed by atoms with Crippen LogP contribution in [-0.4, -0.2) is 11.8 Å². The summed E-state index contributed by atoms with van der Waals surface area (Å²) in [6, 6.07) is 19.9. The lowest BCUT2D eigenvalue weighted by Crippen LogP contribution is -2.14. The highest BCUT2D eigenvalue weighted by molar-refractivity contribution is 9.10. The molecule has 0 aliphatic rings. The Kier molecular flexibility index (Phi) is 5.72. The zero-order chi connectivity index (χ0) is 19.4. The number of anilines is 2. The predicted octanol–water partition coefficient (Wildman–Crippen LogP) is 5.57. The number of nitrogens with one attached hydrogen (secondary N) is 2. The monoisotopic (exact) mass is 422 g/mol. The molecule has 0 heterocycles. The number of benzene rings is 3. The summed E-state index contributed by atoms with van der Waals surface area (Å²) in [6.45, 7) is 3.87. The van der Waals surface area contributed by atoms with Gasteiger partial charge in [-0.2, -0.15) is 0 Å². The lowest BCUT2D eigenvalue weighted by atomic mass is 10.1. The van der Waals surface area contributed by atoms with Gasteiger partial charge in [0, 0.05) is 27.0 Å². The molecule has 2 amide bonds. The highest BCUT2D eigenvalue weighted by Crippen LogP contribution is 2.20. The number of hydrogen-bond donors (Lipinski definition) is 2. The van der Waals surface area contributed by atoms with Crippen molar-refractivity contribution in [2.24, 2.45) is 0 Å². The van der Waals surface area contributed by atoms with E-state index in [4.69, 9.17) is 0 Å². The van der Waals surface area contributed by atoms with Crippen molar-refractivity contribution in [3.63, 3.8) is 0 Å². The van der Waals surface area contributed by atoms with Crippen LogP contribution in [0, 0.1) is 13.8 Å². The van der Waals surface area contributed by atoms with Gasteiger partial charge in [-0.25, -0.2) is 0 Å². The summed E-state index contributed by atoms with van der Waals surface area (Å²) in [5, 5.41) is 5.72. The normalized spacial score (nSPS) is 10.3. The molecule has 0 unspecified atom stereocenters. The number of hydrogen-bond acceptors (Lipinski definition) is 2. The van der Waals surface area contributed by atoms with Gasteiger partial charge >= 0.3 is 0 Å². The number of aryl methyl sites for hydroxylation is 2. The number of carbonyl (C=O) groups is 2. The van der Waals surface area contributed by atoms with Gasteiger partial charge in [0.2, 0.25) is 0 Å². The summed E-state index contributed by atoms with van der Waals surface area (Å²) in [4.78, 5) is 24.7. The van der Waals surface area contributed by atoms with Crippen LogP contribution < -0.4 is 10.6 Å². The summed E-state index contributed by atoms with van der Waals surface area (Å²) in [7, 11) is 0. The van der Waals surface area contributed by atoms with E-state index in [1.807, 2.05) is 38.1 Å². The lowest BCUT2D eigenvalue weighted by Gasteiger charge is -2.10. The van der Waals surface area contributed by atoms with Gasteiger partial charge < -0.3 is 10.6 Å². The molecule has 136 valence electrons. The van der Waals surface area contributed by atoms with Gasteiger partial charge in [0.15, 0.2) is 0 Å². The standard InChI is InChI=1S/C22H19BrN2O2/c1-14-5-3-4-6-19(14)22(27)25-18-11-9-17(10-12-18)24-21(26)16-8-7-15(2)20(23)13-16/h3-13H,1-2H3,(H,24,26)(H,25,27). The summed E-state index contributed by atoms with van der Waals surface area (Å²) >= 11 is 3.44. The van der Waals surface area contributed by atoms with Crippen LogP contribution in [0.2, 0.25) is 0 Å². The fourth-order valence-corrected chi connectivity index (χ4v) is 2.98. The van der Waals surface area contributed by atoms with Gasteiger partial charge in [0.25, 0.3) is 11.8 Å². The van der Waals surface area contributed by atoms with E-state index < -0.39 is 0 Å². The van der Waals surface area contributed by atoms with Crippen LogP contribution in [0.15, 0.2) is 71.2 Å². The Balaban J connectivity index is 1.66. The van der Waals surface area contributed by atoms with Crippen molar-refractivity contribution < 1.29 is 9.59 Å². The highest BCUT2D eigenvalue weighted by atomic mass is 79.9. The van der Waals surface area contributed by atoms with E-state index in [9.17, 15) is 9.59 Å². The average molecular weight is 423 g/mol. The third-order valence-corrected chi connectivity index (χ3v) is 5.08. The summed E-state index contributed by atoms with van der Waals surface area (Å²) < 4.78 is 0.893. The van der Waals surface area contributed by atoms with Crippen LogP contribution in [0.25, 0.3) is 0 Å². The lowest BCUT2D eigenvalue weighted by molar-refractivity contribution is 0.101. The van der Waals surface area contributed by atoms with Gasteiger partial charge in [0.05, 0.1) is 0 Å². The van der Waals surface area contributed by atoms with Gasteiger partial charge in [0.1, 0.15) is 0 Å².